The molecule has 0 bridgehead atoms. The van der Waals surface area contributed by atoms with Gasteiger partial charge in [0.05, 0.1) is 17.6 Å². The fourth-order valence-corrected chi connectivity index (χ4v) is 5.91. The number of carbonyl (C=O) groups excluding carboxylic acids is 1. The minimum absolute atomic E-state index is 0.0841. The lowest BCUT2D eigenvalue weighted by Gasteiger charge is -2.38. The number of amides is 1. The summed E-state index contributed by atoms with van der Waals surface area (Å²) < 4.78 is 16.9. The number of carbonyl (C=O) groups is 1. The van der Waals surface area contributed by atoms with Crippen molar-refractivity contribution in [2.24, 2.45) is 5.73 Å². The van der Waals surface area contributed by atoms with Gasteiger partial charge in [-0.3, -0.25) is 4.79 Å². The van der Waals surface area contributed by atoms with E-state index in [1.54, 1.807) is 17.0 Å². The molecular weight excluding hydrogens is 523 g/mol. The summed E-state index contributed by atoms with van der Waals surface area (Å²) in [5.74, 6) is 0.986. The van der Waals surface area contributed by atoms with Gasteiger partial charge in [-0.15, -0.1) is 0 Å². The van der Waals surface area contributed by atoms with Crippen LogP contribution in [0.15, 0.2) is 65.6 Å². The fourth-order valence-electron chi connectivity index (χ4n) is 5.91. The Morgan fingerprint density at radius 3 is 2.44 bits per heavy atom. The van der Waals surface area contributed by atoms with Crippen molar-refractivity contribution in [1.82, 2.24) is 24.0 Å². The third kappa shape index (κ3) is 5.41. The summed E-state index contributed by atoms with van der Waals surface area (Å²) in [6.07, 6.45) is 4.51. The standard InChI is InChI=1S/C30H35FN8O2/c1-35(28-33-15-10-27(40)39(28)30(41)37-16-11-23(32)12-17-37)24-13-18-36(19-14-24)29-34-25-4-2-3-5-26(25)38(29)20-21-6-8-22(31)9-7-21/h2-10,15,23-24H,11-14,16-20,32H2,1H3. The summed E-state index contributed by atoms with van der Waals surface area (Å²) in [5, 5.41) is 0. The van der Waals surface area contributed by atoms with E-state index in [9.17, 15) is 14.0 Å². The second-order valence-electron chi connectivity index (χ2n) is 11.0. The number of likely N-dealkylation sites (tertiary alicyclic amines) is 1. The zero-order chi connectivity index (χ0) is 28.5. The number of hydrogen-bond donors (Lipinski definition) is 1. The lowest BCUT2D eigenvalue weighted by atomic mass is 10.0. The van der Waals surface area contributed by atoms with Crippen LogP contribution in [0, 0.1) is 5.82 Å². The van der Waals surface area contributed by atoms with E-state index in [1.807, 2.05) is 30.1 Å². The van der Waals surface area contributed by atoms with Gasteiger partial charge in [-0.1, -0.05) is 24.3 Å². The van der Waals surface area contributed by atoms with Crippen molar-refractivity contribution in [3.63, 3.8) is 0 Å². The van der Waals surface area contributed by atoms with E-state index in [0.717, 1.165) is 61.3 Å². The predicted molar refractivity (Wildman–Crippen MR) is 157 cm³/mol. The largest absolute Gasteiger partial charge is 0.342 e. The first-order chi connectivity index (χ1) is 19.9. The van der Waals surface area contributed by atoms with E-state index in [1.165, 1.54) is 29.0 Å². The highest BCUT2D eigenvalue weighted by Gasteiger charge is 2.30. The summed E-state index contributed by atoms with van der Waals surface area (Å²) in [4.78, 5) is 41.7. The Kier molecular flexibility index (Phi) is 7.44. The molecule has 2 aliphatic rings. The molecule has 0 spiro atoms. The van der Waals surface area contributed by atoms with Crippen molar-refractivity contribution in [3.8, 4) is 0 Å². The van der Waals surface area contributed by atoms with Crippen LogP contribution in [0.2, 0.25) is 0 Å². The molecule has 4 aromatic rings. The number of halogens is 1. The van der Waals surface area contributed by atoms with Gasteiger partial charge >= 0.3 is 6.03 Å². The van der Waals surface area contributed by atoms with E-state index in [0.29, 0.717) is 25.6 Å². The molecule has 0 radical (unpaired) electrons. The van der Waals surface area contributed by atoms with Gasteiger partial charge in [-0.25, -0.2) is 19.2 Å². The third-order valence-corrected chi connectivity index (χ3v) is 8.33. The number of para-hydroxylation sites is 2. The molecule has 10 nitrogen and oxygen atoms in total. The monoisotopic (exact) mass is 558 g/mol. The molecule has 0 atom stereocenters. The SMILES string of the molecule is CN(c1nccc(=O)n1C(=O)N1CCC(N)CC1)C1CCN(c2nc3ccccc3n2Cc2ccc(F)cc2)CC1. The second-order valence-corrected chi connectivity index (χ2v) is 11.0. The summed E-state index contributed by atoms with van der Waals surface area (Å²) in [7, 11) is 1.90. The molecule has 41 heavy (non-hydrogen) atoms. The molecule has 2 aromatic carbocycles. The first-order valence-electron chi connectivity index (χ1n) is 14.2. The van der Waals surface area contributed by atoms with Gasteiger partial charge in [0.1, 0.15) is 5.82 Å². The summed E-state index contributed by atoms with van der Waals surface area (Å²) in [6.45, 7) is 3.14. The highest BCUT2D eigenvalue weighted by atomic mass is 19.1. The van der Waals surface area contributed by atoms with Crippen LogP contribution >= 0.6 is 0 Å². The molecular formula is C30H35FN8O2. The van der Waals surface area contributed by atoms with Gasteiger partial charge in [-0.05, 0) is 55.5 Å². The smallest absolute Gasteiger partial charge is 0.334 e. The zero-order valence-corrected chi connectivity index (χ0v) is 23.2. The number of fused-ring (bicyclic) bond motifs is 1. The quantitative estimate of drug-likeness (QED) is 0.401. The minimum atomic E-state index is -0.381. The Balaban J connectivity index is 1.21. The highest BCUT2D eigenvalue weighted by molar-refractivity contribution is 5.80. The van der Waals surface area contributed by atoms with Crippen LogP contribution in [0.25, 0.3) is 11.0 Å². The summed E-state index contributed by atoms with van der Waals surface area (Å²) >= 11 is 0. The lowest BCUT2D eigenvalue weighted by Crippen LogP contribution is -2.50. The van der Waals surface area contributed by atoms with Crippen LogP contribution in [-0.4, -0.2) is 75.3 Å². The maximum atomic E-state index is 13.5. The maximum absolute atomic E-state index is 13.5. The number of aromatic nitrogens is 4. The minimum Gasteiger partial charge on any atom is -0.342 e. The van der Waals surface area contributed by atoms with Crippen molar-refractivity contribution in [2.45, 2.75) is 44.3 Å². The number of nitrogens with zero attached hydrogens (tertiary/aromatic N) is 7. The predicted octanol–water partition coefficient (Wildman–Crippen LogP) is 3.28. The Morgan fingerprint density at radius 2 is 1.71 bits per heavy atom. The van der Waals surface area contributed by atoms with E-state index in [-0.39, 0.29) is 29.5 Å². The van der Waals surface area contributed by atoms with Gasteiger partial charge in [0.15, 0.2) is 0 Å². The van der Waals surface area contributed by atoms with Crippen molar-refractivity contribution in [3.05, 3.63) is 82.5 Å². The Bertz CT molecular complexity index is 1580. The molecule has 214 valence electrons. The van der Waals surface area contributed by atoms with Gasteiger partial charge < -0.3 is 25.0 Å². The lowest BCUT2D eigenvalue weighted by molar-refractivity contribution is 0.182. The molecule has 0 unspecified atom stereocenters. The Hall–Kier alpha value is -4.25. The van der Waals surface area contributed by atoms with Gasteiger partial charge in [0.2, 0.25) is 11.9 Å². The fraction of sp³-hybridized carbons (Fsp3) is 0.400. The average molecular weight is 559 g/mol. The molecule has 0 saturated carbocycles. The topological polar surface area (TPSA) is 106 Å². The van der Waals surface area contributed by atoms with Crippen LogP contribution in [0.3, 0.4) is 0 Å². The second kappa shape index (κ2) is 11.3. The van der Waals surface area contributed by atoms with Crippen LogP contribution < -0.4 is 21.1 Å². The molecule has 11 heteroatoms. The van der Waals surface area contributed by atoms with Crippen LogP contribution in [-0.2, 0) is 6.54 Å². The Morgan fingerprint density at radius 1 is 1.00 bits per heavy atom. The number of hydrogen-bond acceptors (Lipinski definition) is 7. The number of anilines is 2. The number of rotatable bonds is 5. The maximum Gasteiger partial charge on any atom is 0.334 e. The normalized spacial score (nSPS) is 16.9. The third-order valence-electron chi connectivity index (χ3n) is 8.33. The van der Waals surface area contributed by atoms with E-state index in [2.05, 4.69) is 20.5 Å². The van der Waals surface area contributed by atoms with Gasteiger partial charge in [0.25, 0.3) is 5.56 Å². The Labute approximate surface area is 237 Å². The first-order valence-corrected chi connectivity index (χ1v) is 14.2. The molecule has 4 heterocycles. The molecule has 2 N–H and O–H groups in total. The molecule has 2 aliphatic heterocycles. The van der Waals surface area contributed by atoms with Crippen LogP contribution in [0.1, 0.15) is 31.2 Å². The van der Waals surface area contributed by atoms with Gasteiger partial charge in [0, 0.05) is 57.6 Å². The van der Waals surface area contributed by atoms with Crippen LogP contribution in [0.4, 0.5) is 21.1 Å². The molecule has 2 saturated heterocycles. The molecule has 0 aliphatic carbocycles. The highest BCUT2D eigenvalue weighted by Crippen LogP contribution is 2.28. The van der Waals surface area contributed by atoms with E-state index < -0.39 is 0 Å². The van der Waals surface area contributed by atoms with Crippen molar-refractivity contribution < 1.29 is 9.18 Å². The number of nitrogens with two attached hydrogens (primary N) is 1. The summed E-state index contributed by atoms with van der Waals surface area (Å²) in [5.41, 5.74) is 8.58. The van der Waals surface area contributed by atoms with Crippen molar-refractivity contribution >= 4 is 29.0 Å². The average Bonchev–Trinajstić information content (AvgIpc) is 3.36. The molecule has 1 amide bonds. The van der Waals surface area contributed by atoms with Gasteiger partial charge in [-0.2, -0.15) is 4.57 Å². The van der Waals surface area contributed by atoms with E-state index >= 15 is 0 Å². The molecule has 2 aromatic heterocycles. The number of imidazole rings is 1. The van der Waals surface area contributed by atoms with Crippen LogP contribution in [0.5, 0.6) is 0 Å². The molecule has 2 fully saturated rings. The van der Waals surface area contributed by atoms with Crippen molar-refractivity contribution in [1.29, 1.82) is 0 Å². The number of piperidine rings is 2. The molecule has 6 rings (SSSR count). The zero-order valence-electron chi connectivity index (χ0n) is 23.2. The van der Waals surface area contributed by atoms with E-state index in [4.69, 9.17) is 10.7 Å². The first kappa shape index (κ1) is 26.9. The van der Waals surface area contributed by atoms with Crippen molar-refractivity contribution in [2.75, 3.05) is 43.0 Å². The number of benzene rings is 2. The summed E-state index contributed by atoms with van der Waals surface area (Å²) in [6, 6.07) is 15.8.